The van der Waals surface area contributed by atoms with Crippen molar-refractivity contribution in [2.45, 2.75) is 44.4 Å². The number of nitrogens with zero attached hydrogens (tertiary/aromatic N) is 4. The van der Waals surface area contributed by atoms with Crippen molar-refractivity contribution in [3.05, 3.63) is 89.2 Å². The van der Waals surface area contributed by atoms with Crippen LogP contribution >= 0.6 is 11.9 Å². The Morgan fingerprint density at radius 3 is 2.31 bits per heavy atom. The lowest BCUT2D eigenvalue weighted by Gasteiger charge is -2.32. The third kappa shape index (κ3) is 7.81. The van der Waals surface area contributed by atoms with Crippen molar-refractivity contribution < 1.29 is 14.3 Å². The molecule has 2 N–H and O–H groups in total. The maximum Gasteiger partial charge on any atom is 0.272 e. The van der Waals surface area contributed by atoms with Gasteiger partial charge in [0, 0.05) is 69.7 Å². The number of hydrogen-bond acceptors (Lipinski definition) is 8. The number of likely N-dealkylation sites (tertiary alicyclic amines) is 2. The summed E-state index contributed by atoms with van der Waals surface area (Å²) in [5.41, 5.74) is 3.68. The van der Waals surface area contributed by atoms with Gasteiger partial charge in [0.1, 0.15) is 17.5 Å². The Morgan fingerprint density at radius 2 is 1.69 bits per heavy atom. The van der Waals surface area contributed by atoms with Crippen molar-refractivity contribution in [1.82, 2.24) is 20.1 Å². The minimum atomic E-state index is -0.165. The SMILES string of the molecule is CSNc1ccc(OC2CCN(C(=O)c3ccc(C(=O)NC4CCN(Cc5ccc(C#N)cc5)CC4)cn3)CC2)cc1. The molecule has 2 amide bonds. The predicted molar refractivity (Wildman–Crippen MR) is 164 cm³/mol. The molecule has 0 unspecified atom stereocenters. The molecule has 0 radical (unpaired) electrons. The Hall–Kier alpha value is -4.07. The number of anilines is 1. The zero-order valence-electron chi connectivity index (χ0n) is 23.8. The zero-order valence-corrected chi connectivity index (χ0v) is 24.6. The van der Waals surface area contributed by atoms with Crippen LogP contribution in [-0.4, -0.2) is 71.2 Å². The first-order valence-electron chi connectivity index (χ1n) is 14.3. The molecule has 2 aromatic carbocycles. The molecule has 0 spiro atoms. The van der Waals surface area contributed by atoms with Crippen LogP contribution in [-0.2, 0) is 6.54 Å². The third-order valence-corrected chi connectivity index (χ3v) is 8.20. The van der Waals surface area contributed by atoms with E-state index in [1.807, 2.05) is 54.8 Å². The van der Waals surface area contributed by atoms with Gasteiger partial charge in [-0.25, -0.2) is 0 Å². The van der Waals surface area contributed by atoms with Crippen molar-refractivity contribution in [2.75, 3.05) is 37.2 Å². The van der Waals surface area contributed by atoms with Gasteiger partial charge < -0.3 is 19.7 Å². The van der Waals surface area contributed by atoms with Crippen LogP contribution in [0.1, 0.15) is 57.7 Å². The molecule has 0 bridgehead atoms. The van der Waals surface area contributed by atoms with Crippen LogP contribution in [0.4, 0.5) is 5.69 Å². The fraction of sp³-hybridized carbons (Fsp3) is 0.375. The van der Waals surface area contributed by atoms with Crippen LogP contribution < -0.4 is 14.8 Å². The van der Waals surface area contributed by atoms with Gasteiger partial charge in [-0.2, -0.15) is 5.26 Å². The van der Waals surface area contributed by atoms with Crippen LogP contribution in [0.5, 0.6) is 5.75 Å². The molecule has 218 valence electrons. The van der Waals surface area contributed by atoms with E-state index in [1.54, 1.807) is 29.0 Å². The molecule has 1 aromatic heterocycles. The molecule has 3 aromatic rings. The molecule has 10 heteroatoms. The first-order chi connectivity index (χ1) is 20.5. The molecular weight excluding hydrogens is 548 g/mol. The summed E-state index contributed by atoms with van der Waals surface area (Å²) in [5, 5.41) is 12.1. The summed E-state index contributed by atoms with van der Waals surface area (Å²) in [6, 6.07) is 21.2. The molecular formula is C32H36N6O3S. The summed E-state index contributed by atoms with van der Waals surface area (Å²) in [5.74, 6) is 0.542. The average molecular weight is 585 g/mol. The molecule has 2 saturated heterocycles. The van der Waals surface area contributed by atoms with E-state index in [1.165, 1.54) is 11.8 Å². The third-order valence-electron chi connectivity index (χ3n) is 7.76. The largest absolute Gasteiger partial charge is 0.490 e. The van der Waals surface area contributed by atoms with Gasteiger partial charge in [0.05, 0.1) is 17.2 Å². The number of benzene rings is 2. The van der Waals surface area contributed by atoms with Crippen LogP contribution in [0.2, 0.25) is 0 Å². The highest BCUT2D eigenvalue weighted by Gasteiger charge is 2.26. The monoisotopic (exact) mass is 584 g/mol. The van der Waals surface area contributed by atoms with Gasteiger partial charge >= 0.3 is 0 Å². The Labute approximate surface area is 251 Å². The van der Waals surface area contributed by atoms with Crippen LogP contribution in [0.3, 0.4) is 0 Å². The van der Waals surface area contributed by atoms with E-state index in [-0.39, 0.29) is 24.0 Å². The van der Waals surface area contributed by atoms with Crippen LogP contribution in [0.25, 0.3) is 0 Å². The number of rotatable bonds is 9. The van der Waals surface area contributed by atoms with Crippen LogP contribution in [0, 0.1) is 11.3 Å². The van der Waals surface area contributed by atoms with Gasteiger partial charge in [0.15, 0.2) is 0 Å². The van der Waals surface area contributed by atoms with Gasteiger partial charge in [-0.1, -0.05) is 24.1 Å². The number of hydrogen-bond donors (Lipinski definition) is 2. The van der Waals surface area contributed by atoms with E-state index >= 15 is 0 Å². The number of carbonyl (C=O) groups is 2. The molecule has 3 heterocycles. The van der Waals surface area contributed by atoms with Crippen molar-refractivity contribution in [3.8, 4) is 11.8 Å². The Morgan fingerprint density at radius 1 is 0.976 bits per heavy atom. The number of nitrogens with one attached hydrogen (secondary N) is 2. The normalized spacial score (nSPS) is 16.4. The molecule has 0 atom stereocenters. The van der Waals surface area contributed by atoms with E-state index in [4.69, 9.17) is 10.00 Å². The molecule has 0 saturated carbocycles. The second kappa shape index (κ2) is 14.2. The molecule has 0 aliphatic carbocycles. The van der Waals surface area contributed by atoms with Gasteiger partial charge in [-0.3, -0.25) is 19.5 Å². The van der Waals surface area contributed by atoms with Crippen molar-refractivity contribution in [1.29, 1.82) is 5.26 Å². The number of pyridine rings is 1. The van der Waals surface area contributed by atoms with E-state index in [0.29, 0.717) is 29.9 Å². The minimum Gasteiger partial charge on any atom is -0.490 e. The molecule has 9 nitrogen and oxygen atoms in total. The van der Waals surface area contributed by atoms with Crippen molar-refractivity contribution >= 4 is 29.4 Å². The molecule has 2 aliphatic heterocycles. The number of carbonyl (C=O) groups excluding carboxylic acids is 2. The van der Waals surface area contributed by atoms with Gasteiger partial charge in [-0.15, -0.1) is 0 Å². The molecule has 2 aliphatic rings. The smallest absolute Gasteiger partial charge is 0.272 e. The lowest BCUT2D eigenvalue weighted by molar-refractivity contribution is 0.0589. The first kappa shape index (κ1) is 29.4. The van der Waals surface area contributed by atoms with E-state index < -0.39 is 0 Å². The maximum atomic E-state index is 13.0. The highest BCUT2D eigenvalue weighted by molar-refractivity contribution is 7.99. The minimum absolute atomic E-state index is 0.0651. The highest BCUT2D eigenvalue weighted by Crippen LogP contribution is 2.23. The van der Waals surface area contributed by atoms with Crippen LogP contribution in [0.15, 0.2) is 66.9 Å². The van der Waals surface area contributed by atoms with Crippen molar-refractivity contribution in [3.63, 3.8) is 0 Å². The van der Waals surface area contributed by atoms with E-state index in [2.05, 4.69) is 26.0 Å². The Balaban J connectivity index is 1.04. The highest BCUT2D eigenvalue weighted by atomic mass is 32.2. The second-order valence-electron chi connectivity index (χ2n) is 10.7. The molecule has 5 rings (SSSR count). The fourth-order valence-corrected chi connectivity index (χ4v) is 5.72. The summed E-state index contributed by atoms with van der Waals surface area (Å²) in [4.78, 5) is 34.4. The van der Waals surface area contributed by atoms with Gasteiger partial charge in [-0.05, 0) is 66.9 Å². The number of nitriles is 1. The number of aromatic nitrogens is 1. The van der Waals surface area contributed by atoms with E-state index in [0.717, 1.165) is 56.8 Å². The quantitative estimate of drug-likeness (QED) is 0.348. The van der Waals surface area contributed by atoms with Crippen molar-refractivity contribution in [2.24, 2.45) is 0 Å². The topological polar surface area (TPSA) is 111 Å². The maximum absolute atomic E-state index is 13.0. The summed E-state index contributed by atoms with van der Waals surface area (Å²) in [7, 11) is 0. The zero-order chi connectivity index (χ0) is 29.3. The lowest BCUT2D eigenvalue weighted by atomic mass is 10.0. The number of amides is 2. The molecule has 42 heavy (non-hydrogen) atoms. The predicted octanol–water partition coefficient (Wildman–Crippen LogP) is 4.72. The van der Waals surface area contributed by atoms with Gasteiger partial charge in [0.2, 0.25) is 0 Å². The lowest BCUT2D eigenvalue weighted by Crippen LogP contribution is -2.44. The molecule has 2 fully saturated rings. The standard InChI is InChI=1S/C32H36N6O3S/c1-42-36-27-7-9-28(10-8-27)41-29-14-18-38(19-15-29)32(40)30-11-6-25(21-34-30)31(39)35-26-12-16-37(17-13-26)22-24-4-2-23(20-33)3-5-24/h2-11,21,26,29,36H,12-19,22H2,1H3,(H,35,39). The fourth-order valence-electron chi connectivity index (χ4n) is 5.35. The number of ether oxygens (including phenoxy) is 1. The average Bonchev–Trinajstić information content (AvgIpc) is 3.03. The summed E-state index contributed by atoms with van der Waals surface area (Å²) in [6.07, 6.45) is 6.78. The first-order valence-corrected chi connectivity index (χ1v) is 15.6. The second-order valence-corrected chi connectivity index (χ2v) is 11.3. The Kier molecular flexibility index (Phi) is 9.95. The van der Waals surface area contributed by atoms with E-state index in [9.17, 15) is 9.59 Å². The Bertz CT molecular complexity index is 1380. The summed E-state index contributed by atoms with van der Waals surface area (Å²) >= 11 is 1.55. The summed E-state index contributed by atoms with van der Waals surface area (Å²) in [6.45, 7) is 3.81. The van der Waals surface area contributed by atoms with Gasteiger partial charge in [0.25, 0.3) is 11.8 Å². The number of piperidine rings is 2. The summed E-state index contributed by atoms with van der Waals surface area (Å²) < 4.78 is 9.31.